The molecule has 270 valence electrons. The van der Waals surface area contributed by atoms with Gasteiger partial charge >= 0.3 is 6.18 Å². The maximum absolute atomic E-state index is 14.4. The zero-order valence-electron chi connectivity index (χ0n) is 28.3. The summed E-state index contributed by atoms with van der Waals surface area (Å²) >= 11 is 0. The highest BCUT2D eigenvalue weighted by atomic mass is 19.4. The zero-order chi connectivity index (χ0) is 36.8. The predicted octanol–water partition coefficient (Wildman–Crippen LogP) is 4.83. The molecular weight excluding hydrogens is 680 g/mol. The minimum Gasteiger partial charge on any atom is -0.380 e. The number of anilines is 1. The average molecular weight is 717 g/mol. The van der Waals surface area contributed by atoms with Crippen molar-refractivity contribution in [2.24, 2.45) is 5.41 Å². The van der Waals surface area contributed by atoms with E-state index < -0.39 is 41.3 Å². The lowest BCUT2D eigenvalue weighted by atomic mass is 9.78. The molecular formula is C38H36F4N6O4. The Morgan fingerprint density at radius 2 is 1.73 bits per heavy atom. The first-order valence-corrected chi connectivity index (χ1v) is 16.9. The van der Waals surface area contributed by atoms with Crippen molar-refractivity contribution in [3.8, 4) is 5.69 Å². The number of fused-ring (bicyclic) bond motifs is 1. The molecule has 2 saturated heterocycles. The van der Waals surface area contributed by atoms with Gasteiger partial charge in [-0.25, -0.2) is 9.07 Å². The van der Waals surface area contributed by atoms with Crippen LogP contribution in [0, 0.1) is 11.2 Å². The summed E-state index contributed by atoms with van der Waals surface area (Å²) in [5, 5.41) is 10.5. The number of para-hydroxylation sites is 1. The maximum Gasteiger partial charge on any atom is 0.416 e. The van der Waals surface area contributed by atoms with E-state index in [-0.39, 0.29) is 30.0 Å². The molecule has 3 aliphatic heterocycles. The summed E-state index contributed by atoms with van der Waals surface area (Å²) in [6.45, 7) is 9.25. The number of carbonyl (C=O) groups excluding carboxylic acids is 3. The van der Waals surface area contributed by atoms with Crippen molar-refractivity contribution < 1.29 is 36.7 Å². The molecule has 0 unspecified atom stereocenters. The number of carbonyl (C=O) groups is 3. The number of nitrogens with one attached hydrogen (secondary N) is 2. The molecule has 3 aliphatic rings. The van der Waals surface area contributed by atoms with Crippen LogP contribution in [-0.2, 0) is 27.0 Å². The standard InChI is InChI=1S/C38H36F4N6O4/c1-3-47-35-31(29(45-48(35)28-10-5-4-6-11-28)17-43-33(49)23(2)18-46-19-37(20-46)21-52-22-37)30(24-12-14-27(39)15-13-24)32(36(47)51)44-34(50)25-8-7-9-26(16-25)38(40,41)42/h4-16,30,32H,2-3,17-22H2,1H3,(H,43,49)(H,44,50)/t30-,32+/m0/s1. The van der Waals surface area contributed by atoms with Gasteiger partial charge in [0.05, 0.1) is 36.7 Å². The van der Waals surface area contributed by atoms with Gasteiger partial charge in [-0.15, -0.1) is 0 Å². The number of hydrogen-bond acceptors (Lipinski definition) is 6. The van der Waals surface area contributed by atoms with Crippen LogP contribution in [0.1, 0.15) is 45.6 Å². The zero-order valence-corrected chi connectivity index (χ0v) is 28.3. The maximum atomic E-state index is 14.4. The second kappa shape index (κ2) is 13.7. The van der Waals surface area contributed by atoms with Gasteiger partial charge in [0.1, 0.15) is 17.7 Å². The number of likely N-dealkylation sites (tertiary alicyclic amines) is 1. The van der Waals surface area contributed by atoms with Crippen LogP contribution in [0.5, 0.6) is 0 Å². The summed E-state index contributed by atoms with van der Waals surface area (Å²) in [4.78, 5) is 45.0. The molecule has 14 heteroatoms. The second-order valence-electron chi connectivity index (χ2n) is 13.5. The van der Waals surface area contributed by atoms with Crippen molar-refractivity contribution in [3.63, 3.8) is 0 Å². The van der Waals surface area contributed by atoms with Crippen LogP contribution in [0.25, 0.3) is 5.69 Å². The van der Waals surface area contributed by atoms with E-state index in [0.717, 1.165) is 31.3 Å². The monoisotopic (exact) mass is 716 g/mol. The SMILES string of the molecule is C=C(CN1CC2(COC2)C1)C(=O)NCc1nn(-c2ccccc2)c2c1[C@H](c1ccc(F)cc1)[C@@H](NC(=O)c1cccc(C(F)(F)F)c1)C(=O)N2CC. The van der Waals surface area contributed by atoms with Gasteiger partial charge in [0.15, 0.2) is 0 Å². The summed E-state index contributed by atoms with van der Waals surface area (Å²) in [5.74, 6) is -2.96. The van der Waals surface area contributed by atoms with Gasteiger partial charge in [0, 0.05) is 54.2 Å². The highest BCUT2D eigenvalue weighted by Crippen LogP contribution is 2.44. The minimum atomic E-state index is -4.69. The predicted molar refractivity (Wildman–Crippen MR) is 183 cm³/mol. The van der Waals surface area contributed by atoms with Gasteiger partial charge < -0.3 is 15.4 Å². The Labute approximate surface area is 297 Å². The number of aromatic nitrogens is 2. The van der Waals surface area contributed by atoms with Crippen LogP contribution in [-0.4, -0.2) is 77.8 Å². The van der Waals surface area contributed by atoms with Crippen LogP contribution in [0.4, 0.5) is 23.4 Å². The molecule has 2 N–H and O–H groups in total. The number of ether oxygens (including phenoxy) is 1. The topological polar surface area (TPSA) is 109 Å². The molecule has 0 radical (unpaired) electrons. The first-order valence-electron chi connectivity index (χ1n) is 16.9. The van der Waals surface area contributed by atoms with Gasteiger partial charge in [-0.1, -0.05) is 43.0 Å². The Morgan fingerprint density at radius 1 is 1.02 bits per heavy atom. The molecule has 3 amide bonds. The van der Waals surface area contributed by atoms with E-state index in [1.165, 1.54) is 35.2 Å². The normalized spacial score (nSPS) is 19.4. The van der Waals surface area contributed by atoms with Crippen molar-refractivity contribution in [2.45, 2.75) is 31.6 Å². The Kier molecular flexibility index (Phi) is 9.21. The fourth-order valence-electron chi connectivity index (χ4n) is 7.26. The van der Waals surface area contributed by atoms with Crippen molar-refractivity contribution in [2.75, 3.05) is 44.3 Å². The van der Waals surface area contributed by atoms with E-state index in [2.05, 4.69) is 22.1 Å². The number of halogens is 4. The number of hydrogen-bond donors (Lipinski definition) is 2. The summed E-state index contributed by atoms with van der Waals surface area (Å²) in [6.07, 6.45) is -4.69. The molecule has 0 saturated carbocycles. The number of rotatable bonds is 10. The molecule has 10 nitrogen and oxygen atoms in total. The Balaban J connectivity index is 1.27. The van der Waals surface area contributed by atoms with Gasteiger partial charge in [0.2, 0.25) is 5.91 Å². The van der Waals surface area contributed by atoms with Crippen molar-refractivity contribution in [3.05, 3.63) is 125 Å². The van der Waals surface area contributed by atoms with E-state index >= 15 is 0 Å². The largest absolute Gasteiger partial charge is 0.416 e. The van der Waals surface area contributed by atoms with E-state index in [9.17, 15) is 31.9 Å². The average Bonchev–Trinajstić information content (AvgIpc) is 3.47. The number of likely N-dealkylation sites (N-methyl/N-ethyl adjacent to an activating group) is 1. The summed E-state index contributed by atoms with van der Waals surface area (Å²) in [6, 6.07) is 17.0. The quantitative estimate of drug-likeness (QED) is 0.180. The molecule has 4 aromatic rings. The van der Waals surface area contributed by atoms with Crippen LogP contribution in [0.15, 0.2) is 91.0 Å². The molecule has 1 spiro atoms. The minimum absolute atomic E-state index is 0.0878. The van der Waals surface area contributed by atoms with Crippen molar-refractivity contribution in [1.29, 1.82) is 0 Å². The lowest BCUT2D eigenvalue weighted by Crippen LogP contribution is -2.66. The Morgan fingerprint density at radius 3 is 2.37 bits per heavy atom. The lowest BCUT2D eigenvalue weighted by molar-refractivity contribution is -0.186. The third-order valence-electron chi connectivity index (χ3n) is 9.78. The molecule has 52 heavy (non-hydrogen) atoms. The number of alkyl halides is 3. The number of nitrogens with zero attached hydrogens (tertiary/aromatic N) is 4. The fraction of sp³-hybridized carbons (Fsp3) is 0.316. The third-order valence-corrected chi connectivity index (χ3v) is 9.78. The van der Waals surface area contributed by atoms with Gasteiger partial charge in [0.25, 0.3) is 11.8 Å². The van der Waals surface area contributed by atoms with Crippen LogP contribution >= 0.6 is 0 Å². The van der Waals surface area contributed by atoms with Crippen LogP contribution < -0.4 is 15.5 Å². The Hall–Kier alpha value is -5.34. The summed E-state index contributed by atoms with van der Waals surface area (Å²) in [7, 11) is 0. The van der Waals surface area contributed by atoms with E-state index in [4.69, 9.17) is 9.84 Å². The molecule has 0 aliphatic carbocycles. The summed E-state index contributed by atoms with van der Waals surface area (Å²) < 4.78 is 61.9. The van der Waals surface area contributed by atoms with Crippen LogP contribution in [0.2, 0.25) is 0 Å². The molecule has 3 aromatic carbocycles. The first-order chi connectivity index (χ1) is 24.9. The van der Waals surface area contributed by atoms with E-state index in [1.807, 2.05) is 6.07 Å². The molecule has 1 aromatic heterocycles. The molecule has 7 rings (SSSR count). The Bertz CT molecular complexity index is 2020. The molecule has 0 bridgehead atoms. The highest BCUT2D eigenvalue weighted by molar-refractivity contribution is 6.05. The number of benzene rings is 3. The lowest BCUT2D eigenvalue weighted by Gasteiger charge is -2.55. The molecule has 2 atom stereocenters. The second-order valence-corrected chi connectivity index (χ2v) is 13.5. The van der Waals surface area contributed by atoms with Gasteiger partial charge in [-0.2, -0.15) is 18.3 Å². The molecule has 2 fully saturated rings. The van der Waals surface area contributed by atoms with E-state index in [0.29, 0.717) is 53.7 Å². The van der Waals surface area contributed by atoms with Gasteiger partial charge in [-0.05, 0) is 55.0 Å². The smallest absolute Gasteiger partial charge is 0.380 e. The highest BCUT2D eigenvalue weighted by Gasteiger charge is 2.49. The van der Waals surface area contributed by atoms with E-state index in [1.54, 1.807) is 35.9 Å². The van der Waals surface area contributed by atoms with Gasteiger partial charge in [-0.3, -0.25) is 24.2 Å². The first kappa shape index (κ1) is 35.1. The van der Waals surface area contributed by atoms with Crippen molar-refractivity contribution in [1.82, 2.24) is 25.3 Å². The molecule has 4 heterocycles. The third kappa shape index (κ3) is 6.59. The van der Waals surface area contributed by atoms with Crippen molar-refractivity contribution >= 4 is 23.5 Å². The van der Waals surface area contributed by atoms with Crippen LogP contribution in [0.3, 0.4) is 0 Å². The summed E-state index contributed by atoms with van der Waals surface area (Å²) in [5.41, 5.74) is 1.12. The number of amides is 3. The fourth-order valence-corrected chi connectivity index (χ4v) is 7.26.